The molecule has 120 valence electrons. The maximum absolute atomic E-state index is 13.4. The third-order valence-corrected chi connectivity index (χ3v) is 4.23. The van der Waals surface area contributed by atoms with E-state index in [4.69, 9.17) is 4.42 Å². The van der Waals surface area contributed by atoms with Crippen molar-refractivity contribution < 1.29 is 8.81 Å². The van der Waals surface area contributed by atoms with Crippen LogP contribution in [-0.4, -0.2) is 9.97 Å². The number of furan rings is 1. The van der Waals surface area contributed by atoms with E-state index in [1.165, 1.54) is 11.6 Å². The fourth-order valence-corrected chi connectivity index (χ4v) is 2.90. The highest BCUT2D eigenvalue weighted by molar-refractivity contribution is 6.08. The number of rotatable bonds is 1. The third-order valence-electron chi connectivity index (χ3n) is 4.23. The first-order chi connectivity index (χ1) is 11.4. The van der Waals surface area contributed by atoms with Crippen molar-refractivity contribution in [2.24, 2.45) is 0 Å². The molecule has 3 heterocycles. The number of pyridine rings is 2. The first-order valence-electron chi connectivity index (χ1n) is 7.88. The van der Waals surface area contributed by atoms with E-state index in [0.717, 1.165) is 22.0 Å². The predicted molar refractivity (Wildman–Crippen MR) is 93.4 cm³/mol. The molecule has 0 atom stereocenters. The van der Waals surface area contributed by atoms with Gasteiger partial charge in [-0.3, -0.25) is 4.98 Å². The van der Waals surface area contributed by atoms with Crippen LogP contribution in [0.5, 0.6) is 0 Å². The second-order valence-electron chi connectivity index (χ2n) is 6.95. The maximum atomic E-state index is 13.4. The molecule has 0 unspecified atom stereocenters. The van der Waals surface area contributed by atoms with Crippen LogP contribution >= 0.6 is 0 Å². The van der Waals surface area contributed by atoms with E-state index >= 15 is 0 Å². The topological polar surface area (TPSA) is 38.9 Å². The fourth-order valence-electron chi connectivity index (χ4n) is 2.90. The standard InChI is InChI=1S/C20H17FN2O/c1-20(2,3)12-9-10-22-16(11-12)15-6-4-5-13-14-7-8-17(21)23-19(14)24-18(13)15/h4-11H,1-3H3. The Morgan fingerprint density at radius 2 is 1.83 bits per heavy atom. The van der Waals surface area contributed by atoms with Crippen molar-refractivity contribution in [3.63, 3.8) is 0 Å². The molecule has 0 fully saturated rings. The fraction of sp³-hybridized carbons (Fsp3) is 0.200. The largest absolute Gasteiger partial charge is 0.437 e. The van der Waals surface area contributed by atoms with Crippen LogP contribution < -0.4 is 0 Å². The van der Waals surface area contributed by atoms with E-state index in [2.05, 4.69) is 36.8 Å². The van der Waals surface area contributed by atoms with Crippen LogP contribution in [0.25, 0.3) is 33.3 Å². The lowest BCUT2D eigenvalue weighted by Gasteiger charge is -2.19. The van der Waals surface area contributed by atoms with Crippen LogP contribution in [0, 0.1) is 5.95 Å². The minimum absolute atomic E-state index is 0.0319. The molecule has 0 aliphatic rings. The first-order valence-corrected chi connectivity index (χ1v) is 7.88. The molecular formula is C20H17FN2O. The van der Waals surface area contributed by atoms with Gasteiger partial charge in [-0.15, -0.1) is 0 Å². The lowest BCUT2D eigenvalue weighted by atomic mass is 9.87. The molecule has 0 aliphatic heterocycles. The van der Waals surface area contributed by atoms with Gasteiger partial charge in [0.05, 0.1) is 5.69 Å². The summed E-state index contributed by atoms with van der Waals surface area (Å²) in [5.41, 5.74) is 3.95. The number of para-hydroxylation sites is 1. The van der Waals surface area contributed by atoms with Gasteiger partial charge in [0, 0.05) is 22.5 Å². The van der Waals surface area contributed by atoms with Crippen LogP contribution in [0.3, 0.4) is 0 Å². The Morgan fingerprint density at radius 3 is 2.62 bits per heavy atom. The average molecular weight is 320 g/mol. The van der Waals surface area contributed by atoms with Gasteiger partial charge < -0.3 is 4.42 Å². The molecule has 1 aromatic carbocycles. The molecule has 24 heavy (non-hydrogen) atoms. The van der Waals surface area contributed by atoms with Gasteiger partial charge in [0.25, 0.3) is 0 Å². The highest BCUT2D eigenvalue weighted by Crippen LogP contribution is 2.35. The lowest BCUT2D eigenvalue weighted by molar-refractivity contribution is 0.569. The number of nitrogens with zero attached hydrogens (tertiary/aromatic N) is 2. The molecule has 0 amide bonds. The van der Waals surface area contributed by atoms with E-state index in [9.17, 15) is 4.39 Å². The summed E-state index contributed by atoms with van der Waals surface area (Å²) >= 11 is 0. The zero-order valence-electron chi connectivity index (χ0n) is 13.8. The molecular weight excluding hydrogens is 303 g/mol. The van der Waals surface area contributed by atoms with Crippen LogP contribution in [0.15, 0.2) is 53.1 Å². The first kappa shape index (κ1) is 14.8. The van der Waals surface area contributed by atoms with Crippen LogP contribution in [-0.2, 0) is 5.41 Å². The van der Waals surface area contributed by atoms with Crippen molar-refractivity contribution in [3.8, 4) is 11.3 Å². The lowest BCUT2D eigenvalue weighted by Crippen LogP contribution is -2.11. The Hall–Kier alpha value is -2.75. The molecule has 4 heteroatoms. The minimum Gasteiger partial charge on any atom is -0.437 e. The van der Waals surface area contributed by atoms with Crippen molar-refractivity contribution >= 4 is 22.1 Å². The SMILES string of the molecule is CC(C)(C)c1ccnc(-c2cccc3c2oc2nc(F)ccc23)c1. The van der Waals surface area contributed by atoms with Crippen molar-refractivity contribution in [3.05, 3.63) is 60.2 Å². The summed E-state index contributed by atoms with van der Waals surface area (Å²) in [5.74, 6) is -0.545. The second-order valence-corrected chi connectivity index (χ2v) is 6.95. The highest BCUT2D eigenvalue weighted by atomic mass is 19.1. The number of halogens is 1. The van der Waals surface area contributed by atoms with E-state index in [1.807, 2.05) is 30.5 Å². The number of hydrogen-bond acceptors (Lipinski definition) is 3. The smallest absolute Gasteiger partial charge is 0.229 e. The second kappa shape index (κ2) is 5.13. The van der Waals surface area contributed by atoms with Crippen LogP contribution in [0.4, 0.5) is 4.39 Å². The van der Waals surface area contributed by atoms with Gasteiger partial charge in [-0.25, -0.2) is 0 Å². The molecule has 3 aromatic heterocycles. The van der Waals surface area contributed by atoms with Gasteiger partial charge in [0.1, 0.15) is 5.58 Å². The van der Waals surface area contributed by atoms with E-state index in [1.54, 1.807) is 6.07 Å². The average Bonchev–Trinajstić information content (AvgIpc) is 2.91. The number of hydrogen-bond donors (Lipinski definition) is 0. The van der Waals surface area contributed by atoms with Gasteiger partial charge in [-0.1, -0.05) is 32.9 Å². The number of fused-ring (bicyclic) bond motifs is 3. The minimum atomic E-state index is -0.545. The monoisotopic (exact) mass is 320 g/mol. The van der Waals surface area contributed by atoms with E-state index in [0.29, 0.717) is 11.3 Å². The molecule has 0 N–H and O–H groups in total. The van der Waals surface area contributed by atoms with Crippen molar-refractivity contribution in [1.29, 1.82) is 0 Å². The summed E-state index contributed by atoms with van der Waals surface area (Å²) in [6.07, 6.45) is 1.81. The molecule has 0 saturated carbocycles. The van der Waals surface area contributed by atoms with E-state index < -0.39 is 5.95 Å². The summed E-state index contributed by atoms with van der Waals surface area (Å²) in [6.45, 7) is 6.50. The van der Waals surface area contributed by atoms with Gasteiger partial charge in [0.15, 0.2) is 0 Å². The number of benzene rings is 1. The number of aromatic nitrogens is 2. The van der Waals surface area contributed by atoms with E-state index in [-0.39, 0.29) is 5.41 Å². The quantitative estimate of drug-likeness (QED) is 0.436. The Morgan fingerprint density at radius 1 is 1.00 bits per heavy atom. The molecule has 4 rings (SSSR count). The third kappa shape index (κ3) is 2.35. The molecule has 0 bridgehead atoms. The summed E-state index contributed by atoms with van der Waals surface area (Å²) in [5, 5.41) is 1.72. The molecule has 0 saturated heterocycles. The summed E-state index contributed by atoms with van der Waals surface area (Å²) in [6, 6.07) is 13.0. The Kier molecular flexibility index (Phi) is 3.17. The molecule has 0 radical (unpaired) electrons. The molecule has 4 aromatic rings. The van der Waals surface area contributed by atoms with Crippen molar-refractivity contribution in [2.75, 3.05) is 0 Å². The van der Waals surface area contributed by atoms with Gasteiger partial charge >= 0.3 is 0 Å². The molecule has 0 aliphatic carbocycles. The predicted octanol–water partition coefficient (Wildman–Crippen LogP) is 5.48. The zero-order chi connectivity index (χ0) is 16.9. The Bertz CT molecular complexity index is 1060. The van der Waals surface area contributed by atoms with Crippen molar-refractivity contribution in [2.45, 2.75) is 26.2 Å². The summed E-state index contributed by atoms with van der Waals surface area (Å²) in [4.78, 5) is 8.36. The molecule has 0 spiro atoms. The van der Waals surface area contributed by atoms with Crippen LogP contribution in [0.2, 0.25) is 0 Å². The van der Waals surface area contributed by atoms with Gasteiger partial charge in [-0.05, 0) is 41.3 Å². The normalized spacial score (nSPS) is 12.2. The Balaban J connectivity index is 1.99. The van der Waals surface area contributed by atoms with Crippen molar-refractivity contribution in [1.82, 2.24) is 9.97 Å². The summed E-state index contributed by atoms with van der Waals surface area (Å²) < 4.78 is 19.2. The molecule has 3 nitrogen and oxygen atoms in total. The van der Waals surface area contributed by atoms with Gasteiger partial charge in [0.2, 0.25) is 11.7 Å². The van der Waals surface area contributed by atoms with Gasteiger partial charge in [-0.2, -0.15) is 9.37 Å². The zero-order valence-corrected chi connectivity index (χ0v) is 13.8. The summed E-state index contributed by atoms with van der Waals surface area (Å²) in [7, 11) is 0. The maximum Gasteiger partial charge on any atom is 0.229 e. The highest BCUT2D eigenvalue weighted by Gasteiger charge is 2.17. The Labute approximate surface area is 139 Å². The van der Waals surface area contributed by atoms with Crippen LogP contribution in [0.1, 0.15) is 26.3 Å².